The molecule has 1 aromatic carbocycles. The summed E-state index contributed by atoms with van der Waals surface area (Å²) in [7, 11) is -3.84. The van der Waals surface area contributed by atoms with Crippen LogP contribution in [0.2, 0.25) is 10.0 Å². The molecule has 2 rings (SSSR count). The Kier molecular flexibility index (Phi) is 4.81. The Hall–Kier alpha value is -0.530. The van der Waals surface area contributed by atoms with Gasteiger partial charge >= 0.3 is 0 Å². The number of aliphatic hydroxyl groups is 1. The van der Waals surface area contributed by atoms with Gasteiger partial charge in [0.25, 0.3) is 0 Å². The summed E-state index contributed by atoms with van der Waals surface area (Å²) in [5.41, 5.74) is 5.66. The summed E-state index contributed by atoms with van der Waals surface area (Å²) in [6.45, 7) is 0. The molecule has 0 radical (unpaired) electrons. The van der Waals surface area contributed by atoms with Crippen molar-refractivity contribution in [3.05, 3.63) is 22.2 Å². The summed E-state index contributed by atoms with van der Waals surface area (Å²) in [5, 5.41) is 9.94. The van der Waals surface area contributed by atoms with E-state index < -0.39 is 22.2 Å². The molecule has 8 heteroatoms. The molecule has 0 amide bonds. The molecule has 1 fully saturated rings. The fourth-order valence-electron chi connectivity index (χ4n) is 2.27. The number of benzene rings is 1. The van der Waals surface area contributed by atoms with Crippen LogP contribution in [0.1, 0.15) is 25.7 Å². The van der Waals surface area contributed by atoms with Crippen molar-refractivity contribution in [1.29, 1.82) is 0 Å². The Morgan fingerprint density at radius 2 is 1.90 bits per heavy atom. The molecule has 20 heavy (non-hydrogen) atoms. The van der Waals surface area contributed by atoms with Crippen LogP contribution in [-0.4, -0.2) is 25.7 Å². The van der Waals surface area contributed by atoms with Gasteiger partial charge in [0.2, 0.25) is 10.0 Å². The van der Waals surface area contributed by atoms with Gasteiger partial charge in [-0.05, 0) is 25.0 Å². The van der Waals surface area contributed by atoms with E-state index in [1.54, 1.807) is 0 Å². The summed E-state index contributed by atoms with van der Waals surface area (Å²) < 4.78 is 27.1. The van der Waals surface area contributed by atoms with Crippen molar-refractivity contribution in [2.75, 3.05) is 5.73 Å². The van der Waals surface area contributed by atoms with Crippen LogP contribution in [0.15, 0.2) is 17.0 Å². The van der Waals surface area contributed by atoms with Gasteiger partial charge in [0, 0.05) is 6.04 Å². The van der Waals surface area contributed by atoms with E-state index in [2.05, 4.69) is 4.72 Å². The molecule has 2 unspecified atom stereocenters. The molecule has 1 aromatic rings. The van der Waals surface area contributed by atoms with E-state index >= 15 is 0 Å². The van der Waals surface area contributed by atoms with Crippen molar-refractivity contribution in [3.8, 4) is 0 Å². The van der Waals surface area contributed by atoms with Gasteiger partial charge in [-0.1, -0.05) is 36.0 Å². The maximum Gasteiger partial charge on any atom is 0.242 e. The first-order valence-electron chi connectivity index (χ1n) is 6.27. The molecule has 4 N–H and O–H groups in total. The molecule has 0 saturated heterocycles. The lowest BCUT2D eigenvalue weighted by Crippen LogP contribution is -2.45. The number of hydrogen-bond acceptors (Lipinski definition) is 4. The Bertz CT molecular complexity index is 607. The van der Waals surface area contributed by atoms with E-state index in [9.17, 15) is 13.5 Å². The maximum atomic E-state index is 12.3. The summed E-state index contributed by atoms with van der Waals surface area (Å²) >= 11 is 11.7. The van der Waals surface area contributed by atoms with Crippen molar-refractivity contribution in [2.24, 2.45) is 0 Å². The normalized spacial score (nSPS) is 23.8. The standard InChI is InChI=1S/C12H16Cl2N2O3S/c13-7-5-6-10(11(14)12(7)15)20(18,19)16-8-3-1-2-4-9(8)17/h5-6,8-9,16-17H,1-4,15H2. The van der Waals surface area contributed by atoms with Crippen LogP contribution in [0.25, 0.3) is 0 Å². The lowest BCUT2D eigenvalue weighted by Gasteiger charge is -2.28. The largest absolute Gasteiger partial charge is 0.396 e. The van der Waals surface area contributed by atoms with Crippen molar-refractivity contribution in [2.45, 2.75) is 42.7 Å². The van der Waals surface area contributed by atoms with Crippen LogP contribution in [0.3, 0.4) is 0 Å². The van der Waals surface area contributed by atoms with Crippen molar-refractivity contribution >= 4 is 38.9 Å². The monoisotopic (exact) mass is 338 g/mol. The van der Waals surface area contributed by atoms with E-state index in [1.807, 2.05) is 0 Å². The zero-order valence-corrected chi connectivity index (χ0v) is 13.0. The van der Waals surface area contributed by atoms with Crippen LogP contribution >= 0.6 is 23.2 Å². The second-order valence-electron chi connectivity index (χ2n) is 4.85. The quantitative estimate of drug-likeness (QED) is 0.736. The molecule has 1 saturated carbocycles. The molecule has 0 heterocycles. The average molecular weight is 339 g/mol. The molecule has 5 nitrogen and oxygen atoms in total. The topological polar surface area (TPSA) is 92.4 Å². The summed E-state index contributed by atoms with van der Waals surface area (Å²) in [6, 6.07) is 2.19. The van der Waals surface area contributed by atoms with Crippen LogP contribution in [0.4, 0.5) is 5.69 Å². The van der Waals surface area contributed by atoms with E-state index in [-0.39, 0.29) is 20.6 Å². The number of nitrogens with one attached hydrogen (secondary N) is 1. The number of sulfonamides is 1. The van der Waals surface area contributed by atoms with Gasteiger partial charge in [-0.15, -0.1) is 0 Å². The summed E-state index contributed by atoms with van der Waals surface area (Å²) in [4.78, 5) is -0.126. The second-order valence-corrected chi connectivity index (χ2v) is 7.32. The first kappa shape index (κ1) is 15.9. The summed E-state index contributed by atoms with van der Waals surface area (Å²) in [6.07, 6.45) is 2.28. The average Bonchev–Trinajstić information content (AvgIpc) is 2.38. The molecule has 0 aromatic heterocycles. The predicted molar refractivity (Wildman–Crippen MR) is 79.5 cm³/mol. The predicted octanol–water partition coefficient (Wildman–Crippen LogP) is 2.16. The third-order valence-corrected chi connectivity index (χ3v) is 5.80. The Morgan fingerprint density at radius 3 is 2.55 bits per heavy atom. The first-order valence-corrected chi connectivity index (χ1v) is 8.50. The number of halogens is 2. The van der Waals surface area contributed by atoms with Crippen LogP contribution in [-0.2, 0) is 10.0 Å². The number of nitrogens with two attached hydrogens (primary N) is 1. The van der Waals surface area contributed by atoms with Gasteiger partial charge in [0.15, 0.2) is 0 Å². The van der Waals surface area contributed by atoms with Crippen LogP contribution in [0, 0.1) is 0 Å². The minimum absolute atomic E-state index is 0.0281. The highest BCUT2D eigenvalue weighted by Gasteiger charge is 2.29. The minimum Gasteiger partial charge on any atom is -0.396 e. The molecule has 0 spiro atoms. The van der Waals surface area contributed by atoms with Crippen LogP contribution < -0.4 is 10.5 Å². The zero-order valence-electron chi connectivity index (χ0n) is 10.6. The molecule has 1 aliphatic rings. The van der Waals surface area contributed by atoms with Gasteiger partial charge in [0.05, 0.1) is 21.8 Å². The van der Waals surface area contributed by atoms with Crippen molar-refractivity contribution < 1.29 is 13.5 Å². The lowest BCUT2D eigenvalue weighted by molar-refractivity contribution is 0.101. The molecule has 112 valence electrons. The zero-order chi connectivity index (χ0) is 14.9. The van der Waals surface area contributed by atoms with Gasteiger partial charge in [-0.2, -0.15) is 0 Å². The van der Waals surface area contributed by atoms with E-state index in [4.69, 9.17) is 28.9 Å². The van der Waals surface area contributed by atoms with Crippen LogP contribution in [0.5, 0.6) is 0 Å². The Morgan fingerprint density at radius 1 is 1.25 bits per heavy atom. The third kappa shape index (κ3) is 3.20. The third-order valence-electron chi connectivity index (χ3n) is 3.42. The van der Waals surface area contributed by atoms with E-state index in [0.29, 0.717) is 12.8 Å². The number of hydrogen-bond donors (Lipinski definition) is 3. The fourth-order valence-corrected chi connectivity index (χ4v) is 4.34. The molecular formula is C12H16Cl2N2O3S. The Balaban J connectivity index is 2.29. The van der Waals surface area contributed by atoms with Gasteiger partial charge in [-0.25, -0.2) is 13.1 Å². The number of anilines is 1. The number of rotatable bonds is 3. The van der Waals surface area contributed by atoms with Gasteiger partial charge in [0.1, 0.15) is 4.90 Å². The number of nitrogen functional groups attached to an aromatic ring is 1. The van der Waals surface area contributed by atoms with Gasteiger partial charge < -0.3 is 10.8 Å². The van der Waals surface area contributed by atoms with E-state index in [0.717, 1.165) is 12.8 Å². The van der Waals surface area contributed by atoms with Crippen molar-refractivity contribution in [3.63, 3.8) is 0 Å². The maximum absolute atomic E-state index is 12.3. The highest BCUT2D eigenvalue weighted by molar-refractivity contribution is 7.89. The smallest absolute Gasteiger partial charge is 0.242 e. The van der Waals surface area contributed by atoms with Crippen molar-refractivity contribution in [1.82, 2.24) is 4.72 Å². The first-order chi connectivity index (χ1) is 9.33. The second kappa shape index (κ2) is 6.07. The SMILES string of the molecule is Nc1c(Cl)ccc(S(=O)(=O)NC2CCCCC2O)c1Cl. The lowest BCUT2D eigenvalue weighted by atomic mass is 9.93. The fraction of sp³-hybridized carbons (Fsp3) is 0.500. The minimum atomic E-state index is -3.84. The Labute approximate surface area is 128 Å². The molecular weight excluding hydrogens is 323 g/mol. The van der Waals surface area contributed by atoms with Gasteiger partial charge in [-0.3, -0.25) is 0 Å². The molecule has 1 aliphatic carbocycles. The summed E-state index contributed by atoms with van der Waals surface area (Å²) in [5.74, 6) is 0. The highest BCUT2D eigenvalue weighted by Crippen LogP contribution is 2.33. The number of aliphatic hydroxyl groups excluding tert-OH is 1. The molecule has 2 atom stereocenters. The van der Waals surface area contributed by atoms with E-state index in [1.165, 1.54) is 12.1 Å². The molecule has 0 aliphatic heterocycles. The highest BCUT2D eigenvalue weighted by atomic mass is 35.5. The molecule has 0 bridgehead atoms.